The first-order chi connectivity index (χ1) is 19.9. The lowest BCUT2D eigenvalue weighted by molar-refractivity contribution is 0.159. The van der Waals surface area contributed by atoms with E-state index in [1.54, 1.807) is 17.9 Å². The van der Waals surface area contributed by atoms with Gasteiger partial charge in [0.1, 0.15) is 11.5 Å². The summed E-state index contributed by atoms with van der Waals surface area (Å²) in [7, 11) is 1.63. The molecule has 6 rings (SSSR count). The van der Waals surface area contributed by atoms with Gasteiger partial charge in [-0.3, -0.25) is 14.9 Å². The second-order valence-corrected chi connectivity index (χ2v) is 10.7. The van der Waals surface area contributed by atoms with Crippen LogP contribution in [0, 0.1) is 18.6 Å². The van der Waals surface area contributed by atoms with E-state index in [0.717, 1.165) is 41.4 Å². The fourth-order valence-corrected chi connectivity index (χ4v) is 5.50. The molecule has 1 aliphatic heterocycles. The fourth-order valence-electron chi connectivity index (χ4n) is 5.50. The highest BCUT2D eigenvalue weighted by atomic mass is 19.2. The summed E-state index contributed by atoms with van der Waals surface area (Å²) in [4.78, 5) is 15.7. The van der Waals surface area contributed by atoms with Crippen molar-refractivity contribution < 1.29 is 18.3 Å². The lowest BCUT2D eigenvalue weighted by Gasteiger charge is -2.21. The van der Waals surface area contributed by atoms with Crippen LogP contribution in [0.4, 0.5) is 19.4 Å². The van der Waals surface area contributed by atoms with Crippen molar-refractivity contribution in [1.29, 1.82) is 0 Å². The van der Waals surface area contributed by atoms with E-state index in [9.17, 15) is 13.6 Å². The van der Waals surface area contributed by atoms with Crippen LogP contribution in [0.1, 0.15) is 35.9 Å². The molecule has 9 nitrogen and oxygen atoms in total. The predicted octanol–water partition coefficient (Wildman–Crippen LogP) is 4.89. The van der Waals surface area contributed by atoms with Crippen LogP contribution in [-0.2, 0) is 4.74 Å². The van der Waals surface area contributed by atoms with Crippen molar-refractivity contribution in [3.8, 4) is 16.9 Å². The number of aromatic nitrogens is 4. The summed E-state index contributed by atoms with van der Waals surface area (Å²) in [5.41, 5.74) is 3.87. The minimum Gasteiger partial charge on any atom is -0.383 e. The van der Waals surface area contributed by atoms with Gasteiger partial charge in [0.15, 0.2) is 11.6 Å². The molecule has 2 fully saturated rings. The van der Waals surface area contributed by atoms with Crippen molar-refractivity contribution in [3.63, 3.8) is 0 Å². The number of benzene rings is 2. The molecule has 11 heteroatoms. The number of ether oxygens (including phenoxy) is 1. The topological polar surface area (TPSA) is 89.2 Å². The number of likely N-dealkylation sites (tertiary alicyclic amines) is 1. The molecule has 1 saturated carbocycles. The van der Waals surface area contributed by atoms with Crippen LogP contribution >= 0.6 is 0 Å². The molecule has 4 aromatic rings. The van der Waals surface area contributed by atoms with Crippen LogP contribution in [0.5, 0.6) is 0 Å². The van der Waals surface area contributed by atoms with Crippen molar-refractivity contribution in [2.24, 2.45) is 0 Å². The first-order valence-electron chi connectivity index (χ1n) is 13.8. The van der Waals surface area contributed by atoms with Crippen LogP contribution in [0.3, 0.4) is 0 Å². The van der Waals surface area contributed by atoms with Crippen LogP contribution in [0.2, 0.25) is 0 Å². The number of rotatable bonds is 9. The number of urea groups is 1. The smallest absolute Gasteiger partial charge is 0.320 e. The third-order valence-electron chi connectivity index (χ3n) is 7.85. The van der Waals surface area contributed by atoms with Crippen LogP contribution < -0.4 is 10.6 Å². The van der Waals surface area contributed by atoms with Crippen molar-refractivity contribution in [2.75, 3.05) is 38.7 Å². The lowest BCUT2D eigenvalue weighted by atomic mass is 9.94. The second-order valence-electron chi connectivity index (χ2n) is 10.7. The lowest BCUT2D eigenvalue weighted by Crippen LogP contribution is -2.42. The minimum atomic E-state index is -0.902. The van der Waals surface area contributed by atoms with Gasteiger partial charge >= 0.3 is 6.03 Å². The number of anilines is 1. The third kappa shape index (κ3) is 5.73. The maximum absolute atomic E-state index is 14.1. The Balaban J connectivity index is 1.27. The number of carbonyl (C=O) groups is 1. The molecule has 2 aliphatic rings. The normalized spacial score (nSPS) is 19.0. The number of carbonyl (C=O) groups excluding carboxylic acids is 1. The zero-order valence-corrected chi connectivity index (χ0v) is 23.1. The number of para-hydroxylation sites is 1. The van der Waals surface area contributed by atoms with Gasteiger partial charge in [-0.25, -0.2) is 18.3 Å². The number of amides is 2. The van der Waals surface area contributed by atoms with E-state index >= 15 is 0 Å². The Morgan fingerprint density at radius 2 is 1.90 bits per heavy atom. The third-order valence-corrected chi connectivity index (χ3v) is 7.85. The standard InChI is InChI=1S/C30H33F2N7O2/c1-19-28(21-15-33-38(16-21)22-9-10-22)36-39(23-6-4-3-5-7-23)29(19)35-30(40)34-27-18-37(12-13-41-2)17-24(27)20-8-11-25(31)26(32)14-20/h3-8,11,14-16,22,24,27H,9-10,12-13,17-18H2,1-2H3,(H2,34,35,40)/t24-,27+/m0/s1. The maximum atomic E-state index is 14.1. The average molecular weight is 562 g/mol. The Bertz CT molecular complexity index is 1530. The largest absolute Gasteiger partial charge is 0.383 e. The highest BCUT2D eigenvalue weighted by molar-refractivity contribution is 5.91. The van der Waals surface area contributed by atoms with Crippen LogP contribution in [0.25, 0.3) is 16.9 Å². The fraction of sp³-hybridized carbons (Fsp3) is 0.367. The molecule has 2 aromatic heterocycles. The molecule has 0 unspecified atom stereocenters. The molecule has 1 aliphatic carbocycles. The number of hydrogen-bond acceptors (Lipinski definition) is 5. The van der Waals surface area contributed by atoms with Gasteiger partial charge < -0.3 is 10.1 Å². The number of nitrogens with one attached hydrogen (secondary N) is 2. The molecule has 3 heterocycles. The summed E-state index contributed by atoms with van der Waals surface area (Å²) in [6.07, 6.45) is 6.07. The minimum absolute atomic E-state index is 0.225. The molecule has 0 spiro atoms. The highest BCUT2D eigenvalue weighted by Gasteiger charge is 2.35. The molecule has 214 valence electrons. The van der Waals surface area contributed by atoms with Crippen LogP contribution in [0.15, 0.2) is 60.9 Å². The molecular weight excluding hydrogens is 528 g/mol. The zero-order chi connectivity index (χ0) is 28.5. The monoisotopic (exact) mass is 561 g/mol. The molecule has 2 amide bonds. The SMILES string of the molecule is COCCN1C[C@@H](NC(=O)Nc2c(C)c(-c3cnn(C4CC4)c3)nn2-c2ccccc2)[C@H](c2ccc(F)c(F)c2)C1. The molecule has 2 aromatic carbocycles. The molecular formula is C30H33F2N7O2. The summed E-state index contributed by atoms with van der Waals surface area (Å²) in [5, 5.41) is 15.5. The van der Waals surface area contributed by atoms with Gasteiger partial charge in [0.05, 0.1) is 30.6 Å². The average Bonchev–Trinajstić information content (AvgIpc) is 3.43. The van der Waals surface area contributed by atoms with Gasteiger partial charge in [0, 0.05) is 50.0 Å². The number of methoxy groups -OCH3 is 1. The molecule has 2 atom stereocenters. The van der Waals surface area contributed by atoms with E-state index in [-0.39, 0.29) is 12.0 Å². The Kier molecular flexibility index (Phi) is 7.55. The quantitative estimate of drug-likeness (QED) is 0.304. The second kappa shape index (κ2) is 11.4. The van der Waals surface area contributed by atoms with E-state index in [2.05, 4.69) is 20.6 Å². The zero-order valence-electron chi connectivity index (χ0n) is 23.1. The van der Waals surface area contributed by atoms with Crippen molar-refractivity contribution >= 4 is 11.8 Å². The van der Waals surface area contributed by atoms with E-state index in [0.29, 0.717) is 43.7 Å². The molecule has 41 heavy (non-hydrogen) atoms. The summed E-state index contributed by atoms with van der Waals surface area (Å²) >= 11 is 0. The van der Waals surface area contributed by atoms with Crippen LogP contribution in [-0.4, -0.2) is 69.9 Å². The van der Waals surface area contributed by atoms with Gasteiger partial charge in [-0.1, -0.05) is 24.3 Å². The van der Waals surface area contributed by atoms with Crippen molar-refractivity contribution in [1.82, 2.24) is 29.8 Å². The highest BCUT2D eigenvalue weighted by Crippen LogP contribution is 2.36. The molecule has 1 saturated heterocycles. The van der Waals surface area contributed by atoms with E-state index in [1.165, 1.54) is 6.07 Å². The maximum Gasteiger partial charge on any atom is 0.320 e. The van der Waals surface area contributed by atoms with E-state index < -0.39 is 17.7 Å². The first-order valence-corrected chi connectivity index (χ1v) is 13.8. The molecule has 2 N–H and O–H groups in total. The summed E-state index contributed by atoms with van der Waals surface area (Å²) in [6, 6.07) is 13.3. The number of hydrogen-bond donors (Lipinski definition) is 2. The van der Waals surface area contributed by atoms with Gasteiger partial charge in [0.25, 0.3) is 0 Å². The van der Waals surface area contributed by atoms with Crippen molar-refractivity contribution in [2.45, 2.75) is 37.8 Å². The van der Waals surface area contributed by atoms with Gasteiger partial charge in [-0.15, -0.1) is 0 Å². The summed E-state index contributed by atoms with van der Waals surface area (Å²) < 4.78 is 36.7. The molecule has 0 radical (unpaired) electrons. The van der Waals surface area contributed by atoms with Gasteiger partial charge in [-0.05, 0) is 49.6 Å². The molecule has 0 bridgehead atoms. The first kappa shape index (κ1) is 27.1. The Labute approximate surface area is 237 Å². The summed E-state index contributed by atoms with van der Waals surface area (Å²) in [6.45, 7) is 4.24. The van der Waals surface area contributed by atoms with E-state index in [4.69, 9.17) is 9.84 Å². The van der Waals surface area contributed by atoms with E-state index in [1.807, 2.05) is 54.3 Å². The van der Waals surface area contributed by atoms with Gasteiger partial charge in [0.2, 0.25) is 0 Å². The Morgan fingerprint density at radius 3 is 2.63 bits per heavy atom. The Morgan fingerprint density at radius 1 is 1.10 bits per heavy atom. The number of halogens is 2. The summed E-state index contributed by atoms with van der Waals surface area (Å²) in [5.74, 6) is -1.48. The van der Waals surface area contributed by atoms with Crippen molar-refractivity contribution in [3.05, 3.63) is 83.7 Å². The number of nitrogens with zero attached hydrogens (tertiary/aromatic N) is 5. The van der Waals surface area contributed by atoms with Gasteiger partial charge in [-0.2, -0.15) is 10.2 Å². The Hall–Kier alpha value is -4.09. The predicted molar refractivity (Wildman–Crippen MR) is 151 cm³/mol.